The normalized spacial score (nSPS) is 23.8. The van der Waals surface area contributed by atoms with Crippen molar-refractivity contribution in [2.75, 3.05) is 39.3 Å². The van der Waals surface area contributed by atoms with Gasteiger partial charge in [0.1, 0.15) is 0 Å². The third kappa shape index (κ3) is 10.0. The Morgan fingerprint density at radius 2 is 1.56 bits per heavy atom. The van der Waals surface area contributed by atoms with E-state index in [2.05, 4.69) is 50.9 Å². The molecule has 0 amide bonds. The Bertz CT molecular complexity index is 1520. The number of nitrogens with zero attached hydrogens (tertiary/aromatic N) is 5. The van der Waals surface area contributed by atoms with E-state index in [9.17, 15) is 31.8 Å². The molecule has 0 radical (unpaired) electrons. The van der Waals surface area contributed by atoms with Gasteiger partial charge in [0.05, 0.1) is 23.7 Å². The fraction of sp³-hybridized carbons (Fsp3) is 0.659. The Labute approximate surface area is 316 Å². The van der Waals surface area contributed by atoms with Crippen LogP contribution in [0, 0.1) is 11.3 Å². The summed E-state index contributed by atoms with van der Waals surface area (Å²) in [5, 5.41) is 9.52. The predicted octanol–water partition coefficient (Wildman–Crippen LogP) is 8.42. The molecular formula is C41H57F6N7. The Hall–Kier alpha value is -3.48. The zero-order valence-electron chi connectivity index (χ0n) is 31.5. The van der Waals surface area contributed by atoms with Crippen LogP contribution >= 0.6 is 0 Å². The van der Waals surface area contributed by atoms with Crippen LogP contribution in [0.1, 0.15) is 99.8 Å². The first-order valence-corrected chi connectivity index (χ1v) is 20.0. The lowest BCUT2D eigenvalue weighted by Gasteiger charge is -2.39. The summed E-state index contributed by atoms with van der Waals surface area (Å²) in [7, 11) is 0. The summed E-state index contributed by atoms with van der Waals surface area (Å²) in [5.74, 6) is 1.50. The number of unbranched alkanes of at least 4 members (excludes halogenated alkanes) is 1. The van der Waals surface area contributed by atoms with Gasteiger partial charge in [-0.3, -0.25) is 15.3 Å². The van der Waals surface area contributed by atoms with Crippen LogP contribution in [0.2, 0.25) is 0 Å². The molecule has 298 valence electrons. The van der Waals surface area contributed by atoms with Gasteiger partial charge in [-0.1, -0.05) is 82.2 Å². The number of alkyl halides is 6. The molecule has 3 heterocycles. The second-order valence-corrected chi connectivity index (χ2v) is 16.0. The van der Waals surface area contributed by atoms with Crippen molar-refractivity contribution >= 4 is 11.9 Å². The van der Waals surface area contributed by atoms with E-state index in [0.717, 1.165) is 76.7 Å². The van der Waals surface area contributed by atoms with Gasteiger partial charge in [-0.25, -0.2) is 0 Å². The molecule has 54 heavy (non-hydrogen) atoms. The van der Waals surface area contributed by atoms with Crippen molar-refractivity contribution in [3.8, 4) is 0 Å². The predicted molar refractivity (Wildman–Crippen MR) is 201 cm³/mol. The molecule has 3 fully saturated rings. The molecule has 13 heteroatoms. The Balaban J connectivity index is 1.20. The molecule has 4 atom stereocenters. The van der Waals surface area contributed by atoms with Gasteiger partial charge in [-0.15, -0.1) is 0 Å². The molecule has 2 aromatic carbocycles. The van der Waals surface area contributed by atoms with Crippen LogP contribution in [0.5, 0.6) is 0 Å². The summed E-state index contributed by atoms with van der Waals surface area (Å²) in [6.07, 6.45) is 2.85. The summed E-state index contributed by atoms with van der Waals surface area (Å²) < 4.78 is 82.0. The van der Waals surface area contributed by atoms with Crippen molar-refractivity contribution < 1.29 is 26.3 Å². The first kappa shape index (κ1) is 40.2. The minimum atomic E-state index is -4.90. The van der Waals surface area contributed by atoms with E-state index in [1.807, 2.05) is 11.0 Å². The van der Waals surface area contributed by atoms with E-state index in [1.165, 1.54) is 37.7 Å². The average molecular weight is 762 g/mol. The SMILES string of the molecule is CCCC[C@@H]1CN([C@H](CC2CCCCC2)CN2CCCC2CN2C(N)=NC[C@@H]2Cc2ccccc2)C(=N)N1CCc1cc(C(F)(F)F)cc(C(F)(F)F)c1. The van der Waals surface area contributed by atoms with E-state index in [4.69, 9.17) is 5.73 Å². The van der Waals surface area contributed by atoms with Crippen LogP contribution in [-0.4, -0.2) is 95.0 Å². The van der Waals surface area contributed by atoms with Crippen LogP contribution in [0.15, 0.2) is 53.5 Å². The van der Waals surface area contributed by atoms with Crippen molar-refractivity contribution in [3.63, 3.8) is 0 Å². The lowest BCUT2D eigenvalue weighted by atomic mass is 9.84. The zero-order valence-corrected chi connectivity index (χ0v) is 31.5. The van der Waals surface area contributed by atoms with Gasteiger partial charge < -0.3 is 20.4 Å². The number of benzene rings is 2. The van der Waals surface area contributed by atoms with Crippen LogP contribution in [0.25, 0.3) is 0 Å². The third-order valence-electron chi connectivity index (χ3n) is 12.2. The molecule has 0 spiro atoms. The zero-order chi connectivity index (χ0) is 38.5. The molecule has 6 rings (SSSR count). The third-order valence-corrected chi connectivity index (χ3v) is 12.2. The maximum Gasteiger partial charge on any atom is 0.416 e. The number of rotatable bonds is 15. The van der Waals surface area contributed by atoms with Crippen molar-refractivity contribution in [2.45, 2.75) is 127 Å². The summed E-state index contributed by atoms with van der Waals surface area (Å²) in [6.45, 7) is 6.15. The highest BCUT2D eigenvalue weighted by atomic mass is 19.4. The number of likely N-dealkylation sites (tertiary alicyclic amines) is 1. The van der Waals surface area contributed by atoms with Gasteiger partial charge in [-0.2, -0.15) is 26.3 Å². The second kappa shape index (κ2) is 17.5. The van der Waals surface area contributed by atoms with Gasteiger partial charge in [0.25, 0.3) is 0 Å². The maximum atomic E-state index is 13.7. The molecule has 1 aliphatic carbocycles. The topological polar surface area (TPSA) is 75.2 Å². The Kier molecular flexibility index (Phi) is 13.1. The van der Waals surface area contributed by atoms with Gasteiger partial charge in [0, 0.05) is 44.3 Å². The highest BCUT2D eigenvalue weighted by Crippen LogP contribution is 2.37. The molecule has 2 saturated heterocycles. The van der Waals surface area contributed by atoms with E-state index in [1.54, 1.807) is 0 Å². The molecule has 1 unspecified atom stereocenters. The molecule has 7 nitrogen and oxygen atoms in total. The molecule has 1 saturated carbocycles. The van der Waals surface area contributed by atoms with Crippen molar-refractivity contribution in [1.82, 2.24) is 19.6 Å². The Morgan fingerprint density at radius 3 is 2.22 bits per heavy atom. The van der Waals surface area contributed by atoms with E-state index in [-0.39, 0.29) is 48.8 Å². The minimum Gasteiger partial charge on any atom is -0.370 e. The molecule has 2 aromatic rings. The first-order valence-electron chi connectivity index (χ1n) is 20.0. The van der Waals surface area contributed by atoms with Crippen LogP contribution < -0.4 is 5.73 Å². The maximum absolute atomic E-state index is 13.7. The van der Waals surface area contributed by atoms with E-state index in [0.29, 0.717) is 30.9 Å². The van der Waals surface area contributed by atoms with Crippen molar-refractivity contribution in [2.24, 2.45) is 16.6 Å². The fourth-order valence-electron chi connectivity index (χ4n) is 9.29. The number of aliphatic imine (C=N–C) groups is 1. The average Bonchev–Trinajstić information content (AvgIpc) is 3.82. The summed E-state index contributed by atoms with van der Waals surface area (Å²) >= 11 is 0. The Morgan fingerprint density at radius 1 is 0.852 bits per heavy atom. The number of hydrogen-bond donors (Lipinski definition) is 2. The summed E-state index contributed by atoms with van der Waals surface area (Å²) in [4.78, 5) is 13.7. The van der Waals surface area contributed by atoms with Gasteiger partial charge in [-0.05, 0) is 80.3 Å². The highest BCUT2D eigenvalue weighted by Gasteiger charge is 2.42. The number of halogens is 6. The highest BCUT2D eigenvalue weighted by molar-refractivity contribution is 5.80. The quantitative estimate of drug-likeness (QED) is 0.179. The van der Waals surface area contributed by atoms with Gasteiger partial charge in [0.15, 0.2) is 11.9 Å². The van der Waals surface area contributed by atoms with Crippen molar-refractivity contribution in [1.29, 1.82) is 5.41 Å². The fourth-order valence-corrected chi connectivity index (χ4v) is 9.29. The number of hydrogen-bond acceptors (Lipinski definition) is 5. The molecule has 0 bridgehead atoms. The lowest BCUT2D eigenvalue weighted by molar-refractivity contribution is -0.143. The molecule has 3 aliphatic heterocycles. The van der Waals surface area contributed by atoms with Crippen LogP contribution in [0.4, 0.5) is 26.3 Å². The van der Waals surface area contributed by atoms with Gasteiger partial charge >= 0.3 is 12.4 Å². The van der Waals surface area contributed by atoms with E-state index >= 15 is 0 Å². The summed E-state index contributed by atoms with van der Waals surface area (Å²) in [5.41, 5.74) is 5.14. The molecule has 3 N–H and O–H groups in total. The molecule has 4 aliphatic rings. The molecular weight excluding hydrogens is 704 g/mol. The summed E-state index contributed by atoms with van der Waals surface area (Å²) in [6, 6.07) is 12.8. The number of guanidine groups is 2. The minimum absolute atomic E-state index is 0.0176. The smallest absolute Gasteiger partial charge is 0.370 e. The second-order valence-electron chi connectivity index (χ2n) is 16.0. The van der Waals surface area contributed by atoms with Crippen molar-refractivity contribution in [3.05, 3.63) is 70.8 Å². The number of nitrogens with two attached hydrogens (primary N) is 1. The van der Waals surface area contributed by atoms with Crippen LogP contribution in [-0.2, 0) is 25.2 Å². The lowest BCUT2D eigenvalue weighted by Crippen LogP contribution is -2.52. The van der Waals surface area contributed by atoms with Gasteiger partial charge in [0.2, 0.25) is 0 Å². The number of nitrogens with one attached hydrogen (secondary N) is 1. The largest absolute Gasteiger partial charge is 0.416 e. The van der Waals surface area contributed by atoms with E-state index < -0.39 is 23.5 Å². The molecule has 0 aromatic heterocycles. The standard InChI is InChI=1S/C41H57F6N7/c1-2-3-15-35-28-54(39(49)52(35)19-17-31-20-32(40(42,43)44)24-33(21-31)41(45,46)47)37(23-30-13-8-5-9-14-30)26-51-18-10-16-34(51)27-53-36(25-50-38(53)48)22-29-11-6-4-7-12-29/h4,6-7,11-12,20-21,24,30,34-37,49H,2-3,5,8-10,13-19,22-23,25-28H2,1H3,(H2,48,50)/t34?,35-,36+,37-/m1/s1. The first-order chi connectivity index (χ1) is 25.8. The monoisotopic (exact) mass is 761 g/mol. The van der Waals surface area contributed by atoms with Crippen LogP contribution in [0.3, 0.4) is 0 Å².